The smallest absolute Gasteiger partial charge is 0.166 e. The number of benzene rings is 1. The molecule has 4 heteroatoms. The Kier molecular flexibility index (Phi) is 3.23. The van der Waals surface area contributed by atoms with Gasteiger partial charge < -0.3 is 4.74 Å². The van der Waals surface area contributed by atoms with E-state index in [-0.39, 0.29) is 0 Å². The molecule has 0 fully saturated rings. The van der Waals surface area contributed by atoms with Crippen molar-refractivity contribution < 1.29 is 9.53 Å². The zero-order valence-corrected chi connectivity index (χ0v) is 8.54. The van der Waals surface area contributed by atoms with Gasteiger partial charge in [0.15, 0.2) is 5.82 Å². The summed E-state index contributed by atoms with van der Waals surface area (Å²) in [6, 6.07) is 8.70. The van der Waals surface area contributed by atoms with Crippen LogP contribution < -0.4 is 4.74 Å². The normalized spacial score (nSPS) is 9.75. The average molecular weight is 214 g/mol. The van der Waals surface area contributed by atoms with Crippen molar-refractivity contribution in [2.75, 3.05) is 0 Å². The molecule has 0 saturated carbocycles. The van der Waals surface area contributed by atoms with Gasteiger partial charge in [0.2, 0.25) is 0 Å². The molecule has 2 aromatic rings. The molecule has 0 saturated heterocycles. The van der Waals surface area contributed by atoms with Crippen LogP contribution in [0.1, 0.15) is 16.2 Å². The Morgan fingerprint density at radius 1 is 1.19 bits per heavy atom. The predicted octanol–water partition coefficient (Wildman–Crippen LogP) is 1.87. The first-order valence-electron chi connectivity index (χ1n) is 4.82. The van der Waals surface area contributed by atoms with Crippen LogP contribution in [0.5, 0.6) is 5.75 Å². The van der Waals surface area contributed by atoms with Gasteiger partial charge in [0.25, 0.3) is 0 Å². The van der Waals surface area contributed by atoms with E-state index in [1.54, 1.807) is 42.7 Å². The first kappa shape index (κ1) is 10.3. The Morgan fingerprint density at radius 2 is 2.00 bits per heavy atom. The van der Waals surface area contributed by atoms with Gasteiger partial charge >= 0.3 is 0 Å². The highest BCUT2D eigenvalue weighted by molar-refractivity contribution is 5.75. The largest absolute Gasteiger partial charge is 0.486 e. The summed E-state index contributed by atoms with van der Waals surface area (Å²) in [6.07, 6.45) is 4.10. The van der Waals surface area contributed by atoms with E-state index in [9.17, 15) is 4.79 Å². The van der Waals surface area contributed by atoms with Crippen molar-refractivity contribution in [3.05, 3.63) is 54.1 Å². The molecule has 4 nitrogen and oxygen atoms in total. The maximum atomic E-state index is 10.6. The average Bonchev–Trinajstić information content (AvgIpc) is 2.38. The third kappa shape index (κ3) is 2.63. The summed E-state index contributed by atoms with van der Waals surface area (Å²) in [4.78, 5) is 18.6. The maximum absolute atomic E-state index is 10.6. The minimum absolute atomic E-state index is 0.295. The Balaban J connectivity index is 2.02. The van der Waals surface area contributed by atoms with Gasteiger partial charge in [-0.25, -0.2) is 9.97 Å². The van der Waals surface area contributed by atoms with Crippen molar-refractivity contribution in [1.29, 1.82) is 0 Å². The molecule has 1 heterocycles. The molecule has 0 aliphatic rings. The second-order valence-corrected chi connectivity index (χ2v) is 3.14. The highest BCUT2D eigenvalue weighted by Crippen LogP contribution is 2.12. The van der Waals surface area contributed by atoms with E-state index in [4.69, 9.17) is 4.74 Å². The topological polar surface area (TPSA) is 52.1 Å². The standard InChI is InChI=1S/C12H10N2O2/c15-8-10-3-1-4-11(7-10)16-9-12-13-5-2-6-14-12/h1-8H,9H2. The van der Waals surface area contributed by atoms with E-state index in [2.05, 4.69) is 9.97 Å². The molecule has 2 rings (SSSR count). The highest BCUT2D eigenvalue weighted by Gasteiger charge is 1.98. The van der Waals surface area contributed by atoms with Crippen LogP contribution in [0.4, 0.5) is 0 Å². The number of nitrogens with zero attached hydrogens (tertiary/aromatic N) is 2. The summed E-state index contributed by atoms with van der Waals surface area (Å²) in [6.45, 7) is 0.295. The van der Waals surface area contributed by atoms with E-state index < -0.39 is 0 Å². The van der Waals surface area contributed by atoms with Crippen LogP contribution in [0, 0.1) is 0 Å². The monoisotopic (exact) mass is 214 g/mol. The number of hydrogen-bond acceptors (Lipinski definition) is 4. The third-order valence-electron chi connectivity index (χ3n) is 1.98. The van der Waals surface area contributed by atoms with Crippen LogP contribution >= 0.6 is 0 Å². The summed E-state index contributed by atoms with van der Waals surface area (Å²) >= 11 is 0. The number of aldehydes is 1. The number of carbonyl (C=O) groups excluding carboxylic acids is 1. The van der Waals surface area contributed by atoms with Crippen LogP contribution in [-0.4, -0.2) is 16.3 Å². The predicted molar refractivity (Wildman–Crippen MR) is 58.2 cm³/mol. The lowest BCUT2D eigenvalue weighted by molar-refractivity contribution is 0.112. The van der Waals surface area contributed by atoms with Crippen molar-refractivity contribution in [3.63, 3.8) is 0 Å². The van der Waals surface area contributed by atoms with Gasteiger partial charge in [0.1, 0.15) is 18.6 Å². The molecule has 0 radical (unpaired) electrons. The Hall–Kier alpha value is -2.23. The fourth-order valence-corrected chi connectivity index (χ4v) is 1.23. The molecule has 0 aliphatic carbocycles. The van der Waals surface area contributed by atoms with Gasteiger partial charge in [-0.3, -0.25) is 4.79 Å². The number of rotatable bonds is 4. The van der Waals surface area contributed by atoms with E-state index in [1.807, 2.05) is 0 Å². The van der Waals surface area contributed by atoms with E-state index in [0.29, 0.717) is 23.7 Å². The molecule has 80 valence electrons. The quantitative estimate of drug-likeness (QED) is 0.729. The van der Waals surface area contributed by atoms with E-state index in [1.165, 1.54) is 0 Å². The van der Waals surface area contributed by atoms with Gasteiger partial charge in [-0.1, -0.05) is 12.1 Å². The summed E-state index contributed by atoms with van der Waals surface area (Å²) in [7, 11) is 0. The Bertz CT molecular complexity index is 471. The highest BCUT2D eigenvalue weighted by atomic mass is 16.5. The number of carbonyl (C=O) groups is 1. The second kappa shape index (κ2) is 5.02. The van der Waals surface area contributed by atoms with E-state index >= 15 is 0 Å². The molecule has 0 unspecified atom stereocenters. The second-order valence-electron chi connectivity index (χ2n) is 3.14. The first-order chi connectivity index (χ1) is 7.88. The minimum atomic E-state index is 0.295. The van der Waals surface area contributed by atoms with Crippen molar-refractivity contribution in [1.82, 2.24) is 9.97 Å². The maximum Gasteiger partial charge on any atom is 0.166 e. The summed E-state index contributed by atoms with van der Waals surface area (Å²) in [5.41, 5.74) is 0.589. The summed E-state index contributed by atoms with van der Waals surface area (Å²) < 4.78 is 5.45. The zero-order valence-electron chi connectivity index (χ0n) is 8.54. The fourth-order valence-electron chi connectivity index (χ4n) is 1.23. The van der Waals surface area contributed by atoms with Crippen LogP contribution in [0.25, 0.3) is 0 Å². The molecular weight excluding hydrogens is 204 g/mol. The summed E-state index contributed by atoms with van der Waals surface area (Å²) in [5, 5.41) is 0. The van der Waals surface area contributed by atoms with Crippen molar-refractivity contribution in [3.8, 4) is 5.75 Å². The molecular formula is C12H10N2O2. The molecule has 0 N–H and O–H groups in total. The van der Waals surface area contributed by atoms with Crippen molar-refractivity contribution in [2.45, 2.75) is 6.61 Å². The SMILES string of the molecule is O=Cc1cccc(OCc2ncccn2)c1. The third-order valence-corrected chi connectivity index (χ3v) is 1.98. The van der Waals surface area contributed by atoms with Gasteiger partial charge in [-0.2, -0.15) is 0 Å². The zero-order chi connectivity index (χ0) is 11.2. The van der Waals surface area contributed by atoms with Gasteiger partial charge in [0, 0.05) is 18.0 Å². The molecule has 0 bridgehead atoms. The van der Waals surface area contributed by atoms with Gasteiger partial charge in [0.05, 0.1) is 0 Å². The minimum Gasteiger partial charge on any atom is -0.486 e. The van der Waals surface area contributed by atoms with Crippen LogP contribution in [0.2, 0.25) is 0 Å². The molecule has 0 aliphatic heterocycles. The van der Waals surface area contributed by atoms with Gasteiger partial charge in [-0.15, -0.1) is 0 Å². The molecule has 1 aromatic carbocycles. The van der Waals surface area contributed by atoms with Crippen molar-refractivity contribution in [2.24, 2.45) is 0 Å². The van der Waals surface area contributed by atoms with E-state index in [0.717, 1.165) is 6.29 Å². The lowest BCUT2D eigenvalue weighted by atomic mass is 10.2. The number of aromatic nitrogens is 2. The van der Waals surface area contributed by atoms with Crippen LogP contribution in [0.15, 0.2) is 42.7 Å². The lowest BCUT2D eigenvalue weighted by Gasteiger charge is -2.04. The van der Waals surface area contributed by atoms with Crippen LogP contribution in [0.3, 0.4) is 0 Å². The van der Waals surface area contributed by atoms with Gasteiger partial charge in [-0.05, 0) is 18.2 Å². The molecule has 0 amide bonds. The fraction of sp³-hybridized carbons (Fsp3) is 0.0833. The first-order valence-corrected chi connectivity index (χ1v) is 4.82. The number of ether oxygens (including phenoxy) is 1. The Labute approximate surface area is 92.9 Å². The molecule has 0 atom stereocenters. The Morgan fingerprint density at radius 3 is 2.75 bits per heavy atom. The molecule has 16 heavy (non-hydrogen) atoms. The molecule has 0 spiro atoms. The van der Waals surface area contributed by atoms with Crippen LogP contribution in [-0.2, 0) is 6.61 Å². The number of hydrogen-bond donors (Lipinski definition) is 0. The van der Waals surface area contributed by atoms with Crippen molar-refractivity contribution >= 4 is 6.29 Å². The molecule has 1 aromatic heterocycles. The lowest BCUT2D eigenvalue weighted by Crippen LogP contribution is -2.00. The summed E-state index contributed by atoms with van der Waals surface area (Å²) in [5.74, 6) is 1.25.